The van der Waals surface area contributed by atoms with Gasteiger partial charge in [-0.05, 0) is 42.6 Å². The molecule has 1 N–H and O–H groups in total. The SMILES string of the molecule is FC(F)(F)COCC1(c2ccc(Cl)c(Cl)c2)C2CNC[C@@H]21. The van der Waals surface area contributed by atoms with E-state index in [4.69, 9.17) is 27.9 Å². The number of hydrogen-bond acceptors (Lipinski definition) is 2. The first kappa shape index (κ1) is 15.4. The van der Waals surface area contributed by atoms with Crippen molar-refractivity contribution in [3.05, 3.63) is 33.8 Å². The minimum absolute atomic E-state index is 0.0570. The molecule has 2 nitrogen and oxygen atoms in total. The van der Waals surface area contributed by atoms with Crippen LogP contribution in [0.5, 0.6) is 0 Å². The van der Waals surface area contributed by atoms with E-state index >= 15 is 0 Å². The van der Waals surface area contributed by atoms with E-state index in [9.17, 15) is 13.2 Å². The van der Waals surface area contributed by atoms with E-state index in [0.29, 0.717) is 21.9 Å². The zero-order chi connectivity index (χ0) is 15.3. The highest BCUT2D eigenvalue weighted by molar-refractivity contribution is 6.42. The van der Waals surface area contributed by atoms with Crippen LogP contribution in [0.1, 0.15) is 5.56 Å². The van der Waals surface area contributed by atoms with Gasteiger partial charge in [0.1, 0.15) is 6.61 Å². The second-order valence-electron chi connectivity index (χ2n) is 5.65. The van der Waals surface area contributed by atoms with Gasteiger partial charge in [0.25, 0.3) is 0 Å². The number of ether oxygens (including phenoxy) is 1. The van der Waals surface area contributed by atoms with E-state index in [-0.39, 0.29) is 12.0 Å². The highest BCUT2D eigenvalue weighted by Crippen LogP contribution is 2.62. The van der Waals surface area contributed by atoms with Gasteiger partial charge >= 0.3 is 6.18 Å². The molecule has 0 radical (unpaired) electrons. The molecule has 1 saturated carbocycles. The Bertz CT molecular complexity index is 540. The van der Waals surface area contributed by atoms with Gasteiger partial charge in [-0.15, -0.1) is 0 Å². The maximum Gasteiger partial charge on any atom is 0.411 e. The van der Waals surface area contributed by atoms with E-state index < -0.39 is 12.8 Å². The Morgan fingerprint density at radius 2 is 1.86 bits per heavy atom. The molecule has 7 heteroatoms. The Hall–Kier alpha value is -0.490. The van der Waals surface area contributed by atoms with Crippen molar-refractivity contribution in [1.82, 2.24) is 5.32 Å². The summed E-state index contributed by atoms with van der Waals surface area (Å²) in [6.45, 7) is 0.422. The second kappa shape index (κ2) is 5.30. The molecule has 116 valence electrons. The van der Waals surface area contributed by atoms with Crippen molar-refractivity contribution >= 4 is 23.2 Å². The summed E-state index contributed by atoms with van der Waals surface area (Å²) in [4.78, 5) is 0. The smallest absolute Gasteiger partial charge is 0.371 e. The number of benzene rings is 1. The van der Waals surface area contributed by atoms with Gasteiger partial charge in [-0.3, -0.25) is 0 Å². The fourth-order valence-corrected chi connectivity index (χ4v) is 3.79. The highest BCUT2D eigenvalue weighted by Gasteiger charge is 2.67. The van der Waals surface area contributed by atoms with Gasteiger partial charge in [0.15, 0.2) is 0 Å². The molecule has 3 atom stereocenters. The van der Waals surface area contributed by atoms with Crippen LogP contribution in [0.2, 0.25) is 10.0 Å². The average molecular weight is 340 g/mol. The molecule has 2 aliphatic rings. The van der Waals surface area contributed by atoms with Crippen molar-refractivity contribution in [3.8, 4) is 0 Å². The van der Waals surface area contributed by atoms with Crippen molar-refractivity contribution in [2.45, 2.75) is 11.6 Å². The highest BCUT2D eigenvalue weighted by atomic mass is 35.5. The Morgan fingerprint density at radius 1 is 1.19 bits per heavy atom. The third-order valence-electron chi connectivity index (χ3n) is 4.49. The minimum atomic E-state index is -4.30. The largest absolute Gasteiger partial charge is 0.411 e. The number of halogens is 5. The zero-order valence-electron chi connectivity index (χ0n) is 11.0. The summed E-state index contributed by atoms with van der Waals surface area (Å²) in [5, 5.41) is 4.10. The fraction of sp³-hybridized carbons (Fsp3) is 0.571. The number of piperidine rings is 1. The Labute approximate surface area is 130 Å². The first-order valence-electron chi connectivity index (χ1n) is 6.65. The molecule has 2 fully saturated rings. The van der Waals surface area contributed by atoms with Crippen LogP contribution in [0.3, 0.4) is 0 Å². The lowest BCUT2D eigenvalue weighted by atomic mass is 9.91. The molecule has 1 saturated heterocycles. The molecule has 0 bridgehead atoms. The Balaban J connectivity index is 1.80. The van der Waals surface area contributed by atoms with E-state index in [2.05, 4.69) is 5.32 Å². The zero-order valence-corrected chi connectivity index (χ0v) is 12.5. The first-order valence-corrected chi connectivity index (χ1v) is 7.41. The number of alkyl halides is 3. The van der Waals surface area contributed by atoms with Crippen LogP contribution >= 0.6 is 23.2 Å². The van der Waals surface area contributed by atoms with Crippen LogP contribution in [-0.2, 0) is 10.2 Å². The van der Waals surface area contributed by atoms with Crippen LogP contribution in [0, 0.1) is 11.8 Å². The van der Waals surface area contributed by atoms with E-state index in [1.165, 1.54) is 0 Å². The average Bonchev–Trinajstić information content (AvgIpc) is 2.79. The van der Waals surface area contributed by atoms with Crippen molar-refractivity contribution in [2.24, 2.45) is 11.8 Å². The molecule has 0 spiro atoms. The maximum atomic E-state index is 12.3. The van der Waals surface area contributed by atoms with Gasteiger partial charge in [-0.2, -0.15) is 13.2 Å². The molecule has 0 aromatic heterocycles. The molecule has 3 rings (SSSR count). The third-order valence-corrected chi connectivity index (χ3v) is 5.23. The van der Waals surface area contributed by atoms with E-state index in [1.54, 1.807) is 12.1 Å². The number of nitrogens with one attached hydrogen (secondary N) is 1. The van der Waals surface area contributed by atoms with Gasteiger partial charge in [0, 0.05) is 5.41 Å². The van der Waals surface area contributed by atoms with E-state index in [0.717, 1.165) is 18.7 Å². The van der Waals surface area contributed by atoms with Gasteiger partial charge in [0.2, 0.25) is 0 Å². The standard InChI is InChI=1S/C14H14Cl2F3NO/c15-11-2-1-8(3-12(11)16)13(6-21-7-14(17,18)19)9-4-20-5-10(9)13/h1-3,9-10,20H,4-7H2/t9-,10?,13?/m0/s1. The molecule has 1 aliphatic carbocycles. The Kier molecular flexibility index (Phi) is 3.89. The normalized spacial score (nSPS) is 31.3. The number of rotatable bonds is 4. The fourth-order valence-electron chi connectivity index (χ4n) is 3.49. The predicted octanol–water partition coefficient (Wildman–Crippen LogP) is 3.66. The topological polar surface area (TPSA) is 21.3 Å². The lowest BCUT2D eigenvalue weighted by Gasteiger charge is -2.23. The second-order valence-corrected chi connectivity index (χ2v) is 6.46. The van der Waals surface area contributed by atoms with Gasteiger partial charge < -0.3 is 10.1 Å². The van der Waals surface area contributed by atoms with Crippen molar-refractivity contribution in [2.75, 3.05) is 26.3 Å². The van der Waals surface area contributed by atoms with Crippen LogP contribution < -0.4 is 5.32 Å². The summed E-state index contributed by atoms with van der Waals surface area (Å²) in [5.74, 6) is 0.589. The van der Waals surface area contributed by atoms with Gasteiger partial charge in [-0.25, -0.2) is 0 Å². The predicted molar refractivity (Wildman–Crippen MR) is 74.9 cm³/mol. The monoisotopic (exact) mass is 339 g/mol. The summed E-state index contributed by atoms with van der Waals surface area (Å²) in [6.07, 6.45) is -4.30. The molecule has 2 unspecified atom stereocenters. The summed E-state index contributed by atoms with van der Waals surface area (Å²) < 4.78 is 41.8. The Morgan fingerprint density at radius 3 is 2.43 bits per heavy atom. The quantitative estimate of drug-likeness (QED) is 0.903. The van der Waals surface area contributed by atoms with E-state index in [1.807, 2.05) is 6.07 Å². The van der Waals surface area contributed by atoms with Crippen molar-refractivity contribution in [1.29, 1.82) is 0 Å². The van der Waals surface area contributed by atoms with Crippen molar-refractivity contribution < 1.29 is 17.9 Å². The lowest BCUT2D eigenvalue weighted by molar-refractivity contribution is -0.176. The first-order chi connectivity index (χ1) is 9.84. The molecule has 1 aromatic rings. The van der Waals surface area contributed by atoms with Crippen LogP contribution in [0.25, 0.3) is 0 Å². The molecule has 0 amide bonds. The van der Waals surface area contributed by atoms with Crippen LogP contribution in [-0.4, -0.2) is 32.5 Å². The molecular weight excluding hydrogens is 326 g/mol. The lowest BCUT2D eigenvalue weighted by Crippen LogP contribution is -2.31. The summed E-state index contributed by atoms with van der Waals surface area (Å²) in [7, 11) is 0. The number of hydrogen-bond donors (Lipinski definition) is 1. The van der Waals surface area contributed by atoms with Crippen molar-refractivity contribution in [3.63, 3.8) is 0 Å². The summed E-state index contributed by atoms with van der Waals surface area (Å²) >= 11 is 12.0. The molecule has 1 heterocycles. The molecule has 1 aliphatic heterocycles. The number of fused-ring (bicyclic) bond motifs is 1. The van der Waals surface area contributed by atoms with Gasteiger partial charge in [0.05, 0.1) is 16.7 Å². The molecular formula is C14H14Cl2F3NO. The minimum Gasteiger partial charge on any atom is -0.371 e. The summed E-state index contributed by atoms with van der Waals surface area (Å²) in [6, 6.07) is 5.27. The summed E-state index contributed by atoms with van der Waals surface area (Å²) in [5.41, 5.74) is 0.542. The molecule has 1 aromatic carbocycles. The molecule has 21 heavy (non-hydrogen) atoms. The maximum absolute atomic E-state index is 12.3. The van der Waals surface area contributed by atoms with Gasteiger partial charge in [-0.1, -0.05) is 29.3 Å². The third kappa shape index (κ3) is 2.77. The van der Waals surface area contributed by atoms with Crippen LogP contribution in [0.15, 0.2) is 18.2 Å². The van der Waals surface area contributed by atoms with Crippen LogP contribution in [0.4, 0.5) is 13.2 Å².